The molecule has 20 heavy (non-hydrogen) atoms. The summed E-state index contributed by atoms with van der Waals surface area (Å²) in [6.07, 6.45) is 1.04. The fraction of sp³-hybridized carbons (Fsp3) is 0.278. The number of carbonyl (C=O) groups is 1. The van der Waals surface area contributed by atoms with E-state index in [2.05, 4.69) is 13.8 Å². The molecule has 0 saturated carbocycles. The molecule has 2 aromatic carbocycles. The Bertz CT molecular complexity index is 612. The highest BCUT2D eigenvalue weighted by Gasteiger charge is 2.12. The summed E-state index contributed by atoms with van der Waals surface area (Å²) in [5, 5.41) is 0.659. The molecule has 0 atom stereocenters. The molecule has 0 aliphatic carbocycles. The number of hydrogen-bond acceptors (Lipinski definition) is 1. The molecule has 0 N–H and O–H groups in total. The first-order valence-electron chi connectivity index (χ1n) is 6.87. The van der Waals surface area contributed by atoms with Gasteiger partial charge in [0.1, 0.15) is 0 Å². The van der Waals surface area contributed by atoms with Crippen molar-refractivity contribution in [2.75, 3.05) is 0 Å². The molecular weight excluding hydrogens is 268 g/mol. The number of carbonyl (C=O) groups excluding carboxylic acids is 1. The number of hydrogen-bond donors (Lipinski definition) is 0. The Morgan fingerprint density at radius 1 is 1.10 bits per heavy atom. The Hall–Kier alpha value is -1.60. The number of halogens is 1. The monoisotopic (exact) mass is 286 g/mol. The molecule has 0 aliphatic rings. The Morgan fingerprint density at radius 3 is 2.30 bits per heavy atom. The average molecular weight is 287 g/mol. The average Bonchev–Trinajstić information content (AvgIpc) is 2.38. The van der Waals surface area contributed by atoms with Gasteiger partial charge in [0, 0.05) is 16.1 Å². The minimum absolute atomic E-state index is 0.0512. The maximum atomic E-state index is 12.5. The van der Waals surface area contributed by atoms with Crippen molar-refractivity contribution in [3.63, 3.8) is 0 Å². The first-order chi connectivity index (χ1) is 9.47. The van der Waals surface area contributed by atoms with E-state index >= 15 is 0 Å². The molecule has 0 unspecified atom stereocenters. The van der Waals surface area contributed by atoms with Gasteiger partial charge in [-0.1, -0.05) is 49.7 Å². The van der Waals surface area contributed by atoms with Crippen LogP contribution in [0.5, 0.6) is 0 Å². The molecule has 2 heteroatoms. The van der Waals surface area contributed by atoms with E-state index in [1.54, 1.807) is 12.1 Å². The van der Waals surface area contributed by atoms with Crippen LogP contribution in [0.4, 0.5) is 0 Å². The van der Waals surface area contributed by atoms with Crippen molar-refractivity contribution in [1.82, 2.24) is 0 Å². The molecular formula is C18H19ClO. The van der Waals surface area contributed by atoms with E-state index in [1.807, 2.05) is 37.3 Å². The van der Waals surface area contributed by atoms with Gasteiger partial charge in [-0.25, -0.2) is 0 Å². The third-order valence-electron chi connectivity index (χ3n) is 3.29. The molecule has 0 aliphatic heterocycles. The standard InChI is InChI=1S/C18H19ClO/c1-12(2)10-14-4-6-15(7-5-14)18(20)17-9-8-16(19)11-13(17)3/h4-9,11-12H,10H2,1-3H3. The van der Waals surface area contributed by atoms with E-state index in [4.69, 9.17) is 11.6 Å². The molecule has 0 spiro atoms. The number of rotatable bonds is 4. The quantitative estimate of drug-likeness (QED) is 0.717. The summed E-state index contributed by atoms with van der Waals surface area (Å²) in [5.74, 6) is 0.672. The van der Waals surface area contributed by atoms with E-state index in [0.29, 0.717) is 16.5 Å². The lowest BCUT2D eigenvalue weighted by atomic mass is 9.96. The summed E-state index contributed by atoms with van der Waals surface area (Å²) in [6, 6.07) is 13.3. The van der Waals surface area contributed by atoms with Gasteiger partial charge in [0.15, 0.2) is 5.78 Å². The second-order valence-electron chi connectivity index (χ2n) is 5.58. The molecule has 0 aromatic heterocycles. The number of benzene rings is 2. The van der Waals surface area contributed by atoms with E-state index in [1.165, 1.54) is 5.56 Å². The van der Waals surface area contributed by atoms with E-state index < -0.39 is 0 Å². The van der Waals surface area contributed by atoms with Gasteiger partial charge in [-0.05, 0) is 48.6 Å². The minimum Gasteiger partial charge on any atom is -0.289 e. The maximum Gasteiger partial charge on any atom is 0.193 e. The Kier molecular flexibility index (Phi) is 4.61. The van der Waals surface area contributed by atoms with Crippen LogP contribution in [0.25, 0.3) is 0 Å². The van der Waals surface area contributed by atoms with Gasteiger partial charge in [-0.2, -0.15) is 0 Å². The lowest BCUT2D eigenvalue weighted by Crippen LogP contribution is -2.04. The summed E-state index contributed by atoms with van der Waals surface area (Å²) in [6.45, 7) is 6.29. The molecule has 2 aromatic rings. The molecule has 0 fully saturated rings. The highest BCUT2D eigenvalue weighted by molar-refractivity contribution is 6.30. The van der Waals surface area contributed by atoms with Crippen LogP contribution < -0.4 is 0 Å². The van der Waals surface area contributed by atoms with Crippen molar-refractivity contribution in [3.8, 4) is 0 Å². The molecule has 0 amide bonds. The molecule has 0 bridgehead atoms. The highest BCUT2D eigenvalue weighted by Crippen LogP contribution is 2.19. The van der Waals surface area contributed by atoms with Crippen LogP contribution in [0.15, 0.2) is 42.5 Å². The fourth-order valence-electron chi connectivity index (χ4n) is 2.30. The topological polar surface area (TPSA) is 17.1 Å². The fourth-order valence-corrected chi connectivity index (χ4v) is 2.53. The molecule has 2 rings (SSSR count). The molecule has 0 heterocycles. The first-order valence-corrected chi connectivity index (χ1v) is 7.25. The highest BCUT2D eigenvalue weighted by atomic mass is 35.5. The van der Waals surface area contributed by atoms with Gasteiger partial charge in [0.2, 0.25) is 0 Å². The van der Waals surface area contributed by atoms with Crippen LogP contribution in [0.3, 0.4) is 0 Å². The first kappa shape index (κ1) is 14.8. The third kappa shape index (κ3) is 3.49. The van der Waals surface area contributed by atoms with Crippen LogP contribution in [-0.2, 0) is 6.42 Å². The molecule has 0 radical (unpaired) electrons. The maximum absolute atomic E-state index is 12.5. The molecule has 0 saturated heterocycles. The normalized spacial score (nSPS) is 10.8. The van der Waals surface area contributed by atoms with Gasteiger partial charge in [-0.3, -0.25) is 4.79 Å². The largest absolute Gasteiger partial charge is 0.289 e. The van der Waals surface area contributed by atoms with Crippen LogP contribution >= 0.6 is 11.6 Å². The van der Waals surface area contributed by atoms with Crippen LogP contribution in [0, 0.1) is 12.8 Å². The van der Waals surface area contributed by atoms with Crippen molar-refractivity contribution in [3.05, 3.63) is 69.7 Å². The predicted octanol–water partition coefficient (Wildman–Crippen LogP) is 5.08. The number of aryl methyl sites for hydroxylation is 1. The minimum atomic E-state index is 0.0512. The van der Waals surface area contributed by atoms with E-state index in [-0.39, 0.29) is 5.78 Å². The van der Waals surface area contributed by atoms with Crippen LogP contribution in [0.1, 0.15) is 40.9 Å². The van der Waals surface area contributed by atoms with E-state index in [9.17, 15) is 4.79 Å². The smallest absolute Gasteiger partial charge is 0.193 e. The van der Waals surface area contributed by atoms with Crippen LogP contribution in [-0.4, -0.2) is 5.78 Å². The lowest BCUT2D eigenvalue weighted by Gasteiger charge is -2.08. The second kappa shape index (κ2) is 6.23. The second-order valence-corrected chi connectivity index (χ2v) is 6.02. The Balaban J connectivity index is 2.25. The van der Waals surface area contributed by atoms with Gasteiger partial charge in [0.25, 0.3) is 0 Å². The number of ketones is 1. The summed E-state index contributed by atoms with van der Waals surface area (Å²) < 4.78 is 0. The van der Waals surface area contributed by atoms with E-state index in [0.717, 1.165) is 17.5 Å². The SMILES string of the molecule is Cc1cc(Cl)ccc1C(=O)c1ccc(CC(C)C)cc1. The van der Waals surface area contributed by atoms with Crippen molar-refractivity contribution < 1.29 is 4.79 Å². The van der Waals surface area contributed by atoms with Crippen molar-refractivity contribution in [1.29, 1.82) is 0 Å². The Labute approximate surface area is 125 Å². The zero-order valence-electron chi connectivity index (χ0n) is 12.1. The summed E-state index contributed by atoms with van der Waals surface area (Å²) >= 11 is 5.93. The van der Waals surface area contributed by atoms with Crippen molar-refractivity contribution in [2.24, 2.45) is 5.92 Å². The van der Waals surface area contributed by atoms with Crippen molar-refractivity contribution in [2.45, 2.75) is 27.2 Å². The summed E-state index contributed by atoms with van der Waals surface area (Å²) in [5.41, 5.74) is 3.62. The van der Waals surface area contributed by atoms with Gasteiger partial charge < -0.3 is 0 Å². The van der Waals surface area contributed by atoms with Gasteiger partial charge in [-0.15, -0.1) is 0 Å². The molecule has 104 valence electrons. The van der Waals surface area contributed by atoms with Crippen molar-refractivity contribution >= 4 is 17.4 Å². The molecule has 1 nitrogen and oxygen atoms in total. The van der Waals surface area contributed by atoms with Gasteiger partial charge >= 0.3 is 0 Å². The predicted molar refractivity (Wildman–Crippen MR) is 84.6 cm³/mol. The summed E-state index contributed by atoms with van der Waals surface area (Å²) in [7, 11) is 0. The zero-order chi connectivity index (χ0) is 14.7. The van der Waals surface area contributed by atoms with Crippen LogP contribution in [0.2, 0.25) is 5.02 Å². The summed E-state index contributed by atoms with van der Waals surface area (Å²) in [4.78, 5) is 12.5. The zero-order valence-corrected chi connectivity index (χ0v) is 12.9. The van der Waals surface area contributed by atoms with Gasteiger partial charge in [0.05, 0.1) is 0 Å². The lowest BCUT2D eigenvalue weighted by molar-refractivity contribution is 0.103. The third-order valence-corrected chi connectivity index (χ3v) is 3.53. The Morgan fingerprint density at radius 2 is 1.75 bits per heavy atom.